The summed E-state index contributed by atoms with van der Waals surface area (Å²) >= 11 is 5.72. The van der Waals surface area contributed by atoms with E-state index in [9.17, 15) is 0 Å². The van der Waals surface area contributed by atoms with Crippen LogP contribution in [0.3, 0.4) is 0 Å². The molecule has 3 heterocycles. The van der Waals surface area contributed by atoms with Gasteiger partial charge in [0.1, 0.15) is 5.75 Å². The van der Waals surface area contributed by atoms with E-state index in [4.69, 9.17) is 22.1 Å². The Labute approximate surface area is 176 Å². The van der Waals surface area contributed by atoms with Crippen LogP contribution < -0.4 is 14.5 Å². The molecule has 0 atom stereocenters. The molecular formula is C21H27N6OS+. The molecule has 0 bridgehead atoms. The summed E-state index contributed by atoms with van der Waals surface area (Å²) in [6.45, 7) is 7.83. The van der Waals surface area contributed by atoms with Gasteiger partial charge in [-0.1, -0.05) is 0 Å². The van der Waals surface area contributed by atoms with Gasteiger partial charge in [0.15, 0.2) is 12.5 Å². The normalized spacial score (nSPS) is 14.9. The first kappa shape index (κ1) is 19.6. The van der Waals surface area contributed by atoms with Crippen LogP contribution in [0, 0.1) is 4.77 Å². The summed E-state index contributed by atoms with van der Waals surface area (Å²) in [6, 6.07) is 12.3. The number of pyridine rings is 1. The Balaban J connectivity index is 1.44. The predicted molar refractivity (Wildman–Crippen MR) is 116 cm³/mol. The standard InChI is InChI=1S/C21H26N6OS/c1-3-26-20(17-8-10-22-11-9-17)23-27(21(26)29)16-24-12-14-25(15-13-24)18-4-6-19(28-2)7-5-18/h4-11H,3,12-16H2,1-2H3/p+1. The summed E-state index contributed by atoms with van der Waals surface area (Å²) in [5, 5.41) is 4.84. The van der Waals surface area contributed by atoms with E-state index in [1.165, 1.54) is 10.6 Å². The van der Waals surface area contributed by atoms with Gasteiger partial charge in [0.25, 0.3) is 0 Å². The lowest BCUT2D eigenvalue weighted by Gasteiger charge is -2.33. The fourth-order valence-electron chi connectivity index (χ4n) is 3.79. The maximum Gasteiger partial charge on any atom is 0.203 e. The van der Waals surface area contributed by atoms with Gasteiger partial charge in [-0.3, -0.25) is 4.98 Å². The Morgan fingerprint density at radius 2 is 1.76 bits per heavy atom. The molecule has 0 radical (unpaired) electrons. The van der Waals surface area contributed by atoms with Crippen LogP contribution in [0.25, 0.3) is 11.4 Å². The maximum absolute atomic E-state index is 5.72. The van der Waals surface area contributed by atoms with E-state index < -0.39 is 0 Å². The van der Waals surface area contributed by atoms with Crippen molar-refractivity contribution in [3.8, 4) is 17.1 Å². The molecule has 152 valence electrons. The molecule has 0 spiro atoms. The first-order chi connectivity index (χ1) is 14.2. The summed E-state index contributed by atoms with van der Waals surface area (Å²) in [5.41, 5.74) is 2.29. The molecule has 1 aliphatic rings. The Hall–Kier alpha value is -2.71. The monoisotopic (exact) mass is 411 g/mol. The molecule has 1 N–H and O–H groups in total. The van der Waals surface area contributed by atoms with Crippen molar-refractivity contribution in [1.29, 1.82) is 0 Å². The Kier molecular flexibility index (Phi) is 5.92. The first-order valence-electron chi connectivity index (χ1n) is 10.00. The molecule has 4 rings (SSSR count). The average Bonchev–Trinajstić information content (AvgIpc) is 3.10. The highest BCUT2D eigenvalue weighted by molar-refractivity contribution is 7.71. The number of rotatable bonds is 6. The first-order valence-corrected chi connectivity index (χ1v) is 10.4. The number of anilines is 1. The lowest BCUT2D eigenvalue weighted by atomic mass is 10.2. The lowest BCUT2D eigenvalue weighted by molar-refractivity contribution is -0.924. The zero-order chi connectivity index (χ0) is 20.2. The van der Waals surface area contributed by atoms with Crippen molar-refractivity contribution in [3.05, 3.63) is 53.6 Å². The fourth-order valence-corrected chi connectivity index (χ4v) is 4.11. The van der Waals surface area contributed by atoms with Gasteiger partial charge in [0, 0.05) is 30.2 Å². The summed E-state index contributed by atoms with van der Waals surface area (Å²) in [7, 11) is 1.70. The molecular weight excluding hydrogens is 384 g/mol. The van der Waals surface area contributed by atoms with E-state index in [0.29, 0.717) is 0 Å². The molecule has 1 saturated heterocycles. The number of quaternary nitrogens is 1. The van der Waals surface area contributed by atoms with E-state index in [0.717, 1.165) is 61.3 Å². The topological polar surface area (TPSA) is 52.5 Å². The SMILES string of the molecule is CCn1c(-c2ccncc2)nn(C[NH+]2CCN(c3ccc(OC)cc3)CC2)c1=S. The van der Waals surface area contributed by atoms with Crippen LogP contribution in [0.2, 0.25) is 0 Å². The van der Waals surface area contributed by atoms with Gasteiger partial charge in [-0.15, -0.1) is 5.10 Å². The number of nitrogens with one attached hydrogen (secondary N) is 1. The van der Waals surface area contributed by atoms with Crippen LogP contribution in [-0.2, 0) is 13.2 Å². The largest absolute Gasteiger partial charge is 0.497 e. The van der Waals surface area contributed by atoms with Crippen molar-refractivity contribution < 1.29 is 9.64 Å². The highest BCUT2D eigenvalue weighted by atomic mass is 32.1. The van der Waals surface area contributed by atoms with Crippen molar-refractivity contribution in [1.82, 2.24) is 19.3 Å². The number of methoxy groups -OCH3 is 1. The number of hydrogen-bond donors (Lipinski definition) is 1. The van der Waals surface area contributed by atoms with Gasteiger partial charge in [-0.25, -0.2) is 0 Å². The molecule has 3 aromatic rings. The smallest absolute Gasteiger partial charge is 0.203 e. The van der Waals surface area contributed by atoms with Crippen molar-refractivity contribution in [2.75, 3.05) is 38.2 Å². The molecule has 0 aliphatic carbocycles. The quantitative estimate of drug-likeness (QED) is 0.628. The van der Waals surface area contributed by atoms with E-state index in [-0.39, 0.29) is 0 Å². The van der Waals surface area contributed by atoms with E-state index >= 15 is 0 Å². The minimum Gasteiger partial charge on any atom is -0.497 e. The molecule has 0 saturated carbocycles. The van der Waals surface area contributed by atoms with Crippen LogP contribution >= 0.6 is 12.2 Å². The minimum atomic E-state index is 0.782. The molecule has 0 amide bonds. The van der Waals surface area contributed by atoms with Crippen LogP contribution in [-0.4, -0.2) is 52.6 Å². The zero-order valence-electron chi connectivity index (χ0n) is 16.9. The van der Waals surface area contributed by atoms with E-state index in [1.54, 1.807) is 19.5 Å². The predicted octanol–water partition coefficient (Wildman–Crippen LogP) is 1.87. The van der Waals surface area contributed by atoms with E-state index in [1.807, 2.05) is 28.9 Å². The second kappa shape index (κ2) is 8.75. The molecule has 0 unspecified atom stereocenters. The minimum absolute atomic E-state index is 0.782. The number of hydrogen-bond acceptors (Lipinski definition) is 5. The molecule has 8 heteroatoms. The third-order valence-electron chi connectivity index (χ3n) is 5.46. The van der Waals surface area contributed by atoms with Crippen molar-refractivity contribution >= 4 is 17.9 Å². The second-order valence-corrected chi connectivity index (χ2v) is 7.54. The third-order valence-corrected chi connectivity index (χ3v) is 5.89. The van der Waals surface area contributed by atoms with E-state index in [2.05, 4.69) is 33.5 Å². The molecule has 1 aliphatic heterocycles. The number of aromatic nitrogens is 4. The number of ether oxygens (including phenoxy) is 1. The summed E-state index contributed by atoms with van der Waals surface area (Å²) in [5.74, 6) is 1.81. The van der Waals surface area contributed by atoms with Crippen LogP contribution in [0.5, 0.6) is 5.75 Å². The summed E-state index contributed by atoms with van der Waals surface area (Å²) in [6.07, 6.45) is 3.59. The Morgan fingerprint density at radius 3 is 2.38 bits per heavy atom. The van der Waals surface area contributed by atoms with Gasteiger partial charge in [-0.2, -0.15) is 4.68 Å². The molecule has 29 heavy (non-hydrogen) atoms. The number of benzene rings is 1. The van der Waals surface area contributed by atoms with Gasteiger partial charge in [-0.05, 0) is 55.5 Å². The lowest BCUT2D eigenvalue weighted by Crippen LogP contribution is -3.14. The molecule has 7 nitrogen and oxygen atoms in total. The Bertz CT molecular complexity index is 990. The molecule has 2 aromatic heterocycles. The molecule has 1 aromatic carbocycles. The number of nitrogens with zero attached hydrogens (tertiary/aromatic N) is 5. The van der Waals surface area contributed by atoms with Crippen molar-refractivity contribution in [3.63, 3.8) is 0 Å². The van der Waals surface area contributed by atoms with Gasteiger partial charge >= 0.3 is 0 Å². The van der Waals surface area contributed by atoms with Crippen LogP contribution in [0.1, 0.15) is 6.92 Å². The van der Waals surface area contributed by atoms with Gasteiger partial charge < -0.3 is 19.1 Å². The van der Waals surface area contributed by atoms with Gasteiger partial charge in [0.2, 0.25) is 4.77 Å². The highest BCUT2D eigenvalue weighted by Gasteiger charge is 2.22. The zero-order valence-corrected chi connectivity index (χ0v) is 17.7. The summed E-state index contributed by atoms with van der Waals surface area (Å²) < 4.78 is 10.1. The average molecular weight is 412 g/mol. The Morgan fingerprint density at radius 1 is 1.07 bits per heavy atom. The maximum atomic E-state index is 5.72. The van der Waals surface area contributed by atoms with Crippen LogP contribution in [0.15, 0.2) is 48.8 Å². The molecule has 1 fully saturated rings. The fraction of sp³-hybridized carbons (Fsp3) is 0.381. The third kappa shape index (κ3) is 4.18. The van der Waals surface area contributed by atoms with Crippen molar-refractivity contribution in [2.45, 2.75) is 20.1 Å². The summed E-state index contributed by atoms with van der Waals surface area (Å²) in [4.78, 5) is 8.02. The number of piperazine rings is 1. The van der Waals surface area contributed by atoms with Crippen molar-refractivity contribution in [2.24, 2.45) is 0 Å². The van der Waals surface area contributed by atoms with Gasteiger partial charge in [0.05, 0.1) is 33.3 Å². The second-order valence-electron chi connectivity index (χ2n) is 7.18. The highest BCUT2D eigenvalue weighted by Crippen LogP contribution is 2.19. The van der Waals surface area contributed by atoms with Crippen LogP contribution in [0.4, 0.5) is 5.69 Å².